The second-order valence-corrected chi connectivity index (χ2v) is 3.67. The molecule has 0 amide bonds. The van der Waals surface area contributed by atoms with Gasteiger partial charge >= 0.3 is 0 Å². The highest BCUT2D eigenvalue weighted by molar-refractivity contribution is 5.95. The van der Waals surface area contributed by atoms with Crippen molar-refractivity contribution >= 4 is 17.2 Å². The van der Waals surface area contributed by atoms with Crippen molar-refractivity contribution in [3.8, 4) is 0 Å². The van der Waals surface area contributed by atoms with Crippen LogP contribution in [0.4, 0.5) is 11.4 Å². The first-order valence-corrected chi connectivity index (χ1v) is 5.05. The third kappa shape index (κ3) is 2.11. The average molecular weight is 215 g/mol. The number of Topliss-reactive ketones (excluding diaryl/α,β-unsaturated/α-hetero) is 1. The van der Waals surface area contributed by atoms with Gasteiger partial charge in [0, 0.05) is 11.3 Å². The summed E-state index contributed by atoms with van der Waals surface area (Å²) in [6.45, 7) is 3.49. The van der Waals surface area contributed by atoms with Crippen molar-refractivity contribution in [2.45, 2.75) is 13.8 Å². The Kier molecular flexibility index (Phi) is 2.72. The lowest BCUT2D eigenvalue weighted by molar-refractivity contribution is 0.101. The first-order chi connectivity index (χ1) is 7.66. The Morgan fingerprint density at radius 2 is 2.25 bits per heavy atom. The van der Waals surface area contributed by atoms with Crippen LogP contribution in [0.15, 0.2) is 30.5 Å². The Hall–Kier alpha value is -2.10. The van der Waals surface area contributed by atoms with Crippen LogP contribution in [-0.4, -0.2) is 16.0 Å². The summed E-state index contributed by atoms with van der Waals surface area (Å²) in [6.07, 6.45) is 1.72. The van der Waals surface area contributed by atoms with Gasteiger partial charge in [-0.2, -0.15) is 5.10 Å². The van der Waals surface area contributed by atoms with Gasteiger partial charge in [-0.25, -0.2) is 0 Å². The van der Waals surface area contributed by atoms with E-state index in [9.17, 15) is 4.79 Å². The minimum Gasteiger partial charge on any atom is -0.353 e. The fourth-order valence-electron chi connectivity index (χ4n) is 1.45. The van der Waals surface area contributed by atoms with Gasteiger partial charge < -0.3 is 5.32 Å². The minimum atomic E-state index is 0.0626. The molecule has 2 rings (SSSR count). The summed E-state index contributed by atoms with van der Waals surface area (Å²) in [7, 11) is 0. The Morgan fingerprint density at radius 1 is 1.44 bits per heavy atom. The van der Waals surface area contributed by atoms with Gasteiger partial charge in [-0.05, 0) is 26.0 Å². The molecule has 0 aliphatic carbocycles. The van der Waals surface area contributed by atoms with Gasteiger partial charge in [-0.3, -0.25) is 9.89 Å². The molecule has 1 aromatic heterocycles. The summed E-state index contributed by atoms with van der Waals surface area (Å²) in [5.41, 5.74) is 3.47. The number of carbonyl (C=O) groups excluding carboxylic acids is 1. The molecule has 0 aliphatic heterocycles. The second kappa shape index (κ2) is 4.18. The van der Waals surface area contributed by atoms with Crippen LogP contribution in [0.3, 0.4) is 0 Å². The van der Waals surface area contributed by atoms with E-state index in [1.165, 1.54) is 0 Å². The van der Waals surface area contributed by atoms with E-state index in [1.807, 2.05) is 25.1 Å². The Labute approximate surface area is 93.7 Å². The highest BCUT2D eigenvalue weighted by Crippen LogP contribution is 2.19. The summed E-state index contributed by atoms with van der Waals surface area (Å²) in [4.78, 5) is 11.2. The summed E-state index contributed by atoms with van der Waals surface area (Å²) in [5.74, 6) is 0.0626. The van der Waals surface area contributed by atoms with E-state index in [-0.39, 0.29) is 5.78 Å². The van der Waals surface area contributed by atoms with E-state index in [2.05, 4.69) is 15.5 Å². The first kappa shape index (κ1) is 10.4. The predicted octanol–water partition coefficient (Wildman–Crippen LogP) is 2.66. The number of nitrogens with one attached hydrogen (secondary N) is 2. The van der Waals surface area contributed by atoms with Gasteiger partial charge in [0.15, 0.2) is 5.78 Å². The van der Waals surface area contributed by atoms with Crippen LogP contribution < -0.4 is 5.32 Å². The van der Waals surface area contributed by atoms with Gasteiger partial charge in [0.25, 0.3) is 0 Å². The minimum absolute atomic E-state index is 0.0626. The number of benzene rings is 1. The normalized spacial score (nSPS) is 10.1. The quantitative estimate of drug-likeness (QED) is 0.774. The molecule has 4 nitrogen and oxygen atoms in total. The molecule has 2 aromatic rings. The second-order valence-electron chi connectivity index (χ2n) is 3.67. The van der Waals surface area contributed by atoms with Crippen molar-refractivity contribution in [3.05, 3.63) is 41.7 Å². The summed E-state index contributed by atoms with van der Waals surface area (Å²) < 4.78 is 0. The number of hydrogen-bond acceptors (Lipinski definition) is 3. The zero-order valence-electron chi connectivity index (χ0n) is 9.24. The Bertz CT molecular complexity index is 516. The number of carbonyl (C=O) groups is 1. The van der Waals surface area contributed by atoms with Gasteiger partial charge in [-0.15, -0.1) is 0 Å². The summed E-state index contributed by atoms with van der Waals surface area (Å²) >= 11 is 0. The molecule has 0 saturated heterocycles. The summed E-state index contributed by atoms with van der Waals surface area (Å²) in [6, 6.07) is 7.40. The highest BCUT2D eigenvalue weighted by Gasteiger charge is 2.03. The molecule has 0 saturated carbocycles. The average Bonchev–Trinajstić information content (AvgIpc) is 2.65. The first-order valence-electron chi connectivity index (χ1n) is 5.05. The Balaban J connectivity index is 2.25. The number of rotatable bonds is 3. The van der Waals surface area contributed by atoms with Crippen LogP contribution in [0.5, 0.6) is 0 Å². The number of nitrogens with zero attached hydrogens (tertiary/aromatic N) is 1. The molecule has 0 spiro atoms. The van der Waals surface area contributed by atoms with Crippen molar-refractivity contribution in [2.75, 3.05) is 5.32 Å². The lowest BCUT2D eigenvalue weighted by Gasteiger charge is -2.05. The van der Waals surface area contributed by atoms with E-state index >= 15 is 0 Å². The maximum Gasteiger partial charge on any atom is 0.159 e. The van der Waals surface area contributed by atoms with E-state index in [1.54, 1.807) is 19.2 Å². The number of aryl methyl sites for hydroxylation is 1. The maximum atomic E-state index is 11.2. The van der Waals surface area contributed by atoms with Crippen LogP contribution in [0.2, 0.25) is 0 Å². The number of anilines is 2. The predicted molar refractivity (Wildman–Crippen MR) is 63.1 cm³/mol. The van der Waals surface area contributed by atoms with Gasteiger partial charge in [-0.1, -0.05) is 12.1 Å². The molecule has 2 N–H and O–H groups in total. The van der Waals surface area contributed by atoms with E-state index < -0.39 is 0 Å². The zero-order chi connectivity index (χ0) is 11.5. The number of aromatic amines is 1. The molecule has 0 atom stereocenters. The monoisotopic (exact) mass is 215 g/mol. The van der Waals surface area contributed by atoms with Crippen LogP contribution in [0.25, 0.3) is 0 Å². The fraction of sp³-hybridized carbons (Fsp3) is 0.167. The lowest BCUT2D eigenvalue weighted by Crippen LogP contribution is -1.95. The topological polar surface area (TPSA) is 57.8 Å². The number of hydrogen-bond donors (Lipinski definition) is 2. The zero-order valence-corrected chi connectivity index (χ0v) is 9.24. The van der Waals surface area contributed by atoms with E-state index in [0.29, 0.717) is 5.56 Å². The molecule has 16 heavy (non-hydrogen) atoms. The SMILES string of the molecule is CC(=O)c1cccc(Nc2cn[nH]c2C)c1. The maximum absolute atomic E-state index is 11.2. The highest BCUT2D eigenvalue weighted by atomic mass is 16.1. The van der Waals surface area contributed by atoms with Gasteiger partial charge in [0.05, 0.1) is 17.6 Å². The molecule has 0 fully saturated rings. The van der Waals surface area contributed by atoms with Crippen LogP contribution in [0, 0.1) is 6.92 Å². The molecule has 1 heterocycles. The van der Waals surface area contributed by atoms with E-state index in [0.717, 1.165) is 17.1 Å². The van der Waals surface area contributed by atoms with Crippen molar-refractivity contribution in [2.24, 2.45) is 0 Å². The molecule has 0 aliphatic rings. The molecular formula is C12H13N3O. The smallest absolute Gasteiger partial charge is 0.159 e. The van der Waals surface area contributed by atoms with E-state index in [4.69, 9.17) is 0 Å². The standard InChI is InChI=1S/C12H13N3O/c1-8-12(7-13-15-8)14-11-5-3-4-10(6-11)9(2)16/h3-7,14H,1-2H3,(H,13,15). The number of ketones is 1. The van der Waals surface area contributed by atoms with Crippen LogP contribution in [-0.2, 0) is 0 Å². The van der Waals surface area contributed by atoms with Gasteiger partial charge in [0.1, 0.15) is 0 Å². The summed E-state index contributed by atoms with van der Waals surface area (Å²) in [5, 5.41) is 9.97. The van der Waals surface area contributed by atoms with Crippen LogP contribution in [0.1, 0.15) is 23.0 Å². The molecular weight excluding hydrogens is 202 g/mol. The van der Waals surface area contributed by atoms with Gasteiger partial charge in [0.2, 0.25) is 0 Å². The van der Waals surface area contributed by atoms with Crippen molar-refractivity contribution < 1.29 is 4.79 Å². The van der Waals surface area contributed by atoms with Crippen LogP contribution >= 0.6 is 0 Å². The number of aromatic nitrogens is 2. The molecule has 82 valence electrons. The molecule has 1 aromatic carbocycles. The molecule has 0 radical (unpaired) electrons. The van der Waals surface area contributed by atoms with Crippen molar-refractivity contribution in [1.82, 2.24) is 10.2 Å². The third-order valence-electron chi connectivity index (χ3n) is 2.38. The Morgan fingerprint density at radius 3 is 2.88 bits per heavy atom. The van der Waals surface area contributed by atoms with Crippen molar-refractivity contribution in [3.63, 3.8) is 0 Å². The third-order valence-corrected chi connectivity index (χ3v) is 2.38. The van der Waals surface area contributed by atoms with Crippen molar-refractivity contribution in [1.29, 1.82) is 0 Å². The fourth-order valence-corrected chi connectivity index (χ4v) is 1.45. The molecule has 0 unspecified atom stereocenters. The molecule has 0 bridgehead atoms. The lowest BCUT2D eigenvalue weighted by atomic mass is 10.1. The number of H-pyrrole nitrogens is 1. The largest absolute Gasteiger partial charge is 0.353 e. The molecule has 4 heteroatoms.